The van der Waals surface area contributed by atoms with Gasteiger partial charge in [0.25, 0.3) is 0 Å². The van der Waals surface area contributed by atoms with E-state index in [1.165, 1.54) is 6.07 Å². The van der Waals surface area contributed by atoms with E-state index in [-0.39, 0.29) is 5.92 Å². The largest absolute Gasteiger partial charge is 0.480 e. The fourth-order valence-corrected chi connectivity index (χ4v) is 1.91. The molecule has 1 aromatic rings. The minimum atomic E-state index is -1.08. The molecule has 0 bridgehead atoms. The Labute approximate surface area is 127 Å². The van der Waals surface area contributed by atoms with Crippen LogP contribution in [0.2, 0.25) is 10.0 Å². The number of rotatable bonds is 5. The zero-order valence-electron chi connectivity index (χ0n) is 11.1. The molecule has 3 N–H and O–H groups in total. The first kappa shape index (κ1) is 16.6. The van der Waals surface area contributed by atoms with Gasteiger partial charge in [-0.05, 0) is 24.1 Å². The molecule has 0 aliphatic carbocycles. The van der Waals surface area contributed by atoms with Crippen LogP contribution in [0.5, 0.6) is 0 Å². The van der Waals surface area contributed by atoms with E-state index in [2.05, 4.69) is 10.6 Å². The van der Waals surface area contributed by atoms with Crippen molar-refractivity contribution in [3.05, 3.63) is 28.2 Å². The Kier molecular flexibility index (Phi) is 6.10. The Morgan fingerprint density at radius 3 is 2.55 bits per heavy atom. The van der Waals surface area contributed by atoms with Crippen molar-refractivity contribution in [1.29, 1.82) is 0 Å². The lowest BCUT2D eigenvalue weighted by Crippen LogP contribution is -2.46. The first-order chi connectivity index (χ1) is 9.35. The molecule has 0 aromatic heterocycles. The molecule has 2 amide bonds. The highest BCUT2D eigenvalue weighted by atomic mass is 35.5. The molecule has 2 atom stereocenters. The average Bonchev–Trinajstić information content (AvgIpc) is 2.39. The van der Waals surface area contributed by atoms with E-state index >= 15 is 0 Å². The van der Waals surface area contributed by atoms with Gasteiger partial charge in [-0.2, -0.15) is 0 Å². The van der Waals surface area contributed by atoms with E-state index in [0.717, 1.165) is 0 Å². The first-order valence-corrected chi connectivity index (χ1v) is 6.86. The van der Waals surface area contributed by atoms with Gasteiger partial charge in [-0.3, -0.25) is 0 Å². The van der Waals surface area contributed by atoms with Crippen LogP contribution < -0.4 is 10.6 Å². The molecule has 1 rings (SSSR count). The van der Waals surface area contributed by atoms with Crippen LogP contribution in [0, 0.1) is 5.92 Å². The van der Waals surface area contributed by atoms with Crippen LogP contribution in [0.3, 0.4) is 0 Å². The number of halogens is 2. The van der Waals surface area contributed by atoms with E-state index in [1.54, 1.807) is 19.1 Å². The molecular formula is C13H16Cl2N2O3. The molecular weight excluding hydrogens is 303 g/mol. The molecule has 0 spiro atoms. The van der Waals surface area contributed by atoms with Crippen molar-refractivity contribution in [2.75, 3.05) is 5.32 Å². The summed E-state index contributed by atoms with van der Waals surface area (Å²) in [6.07, 6.45) is 0.634. The monoisotopic (exact) mass is 318 g/mol. The van der Waals surface area contributed by atoms with Gasteiger partial charge in [0.05, 0.1) is 10.7 Å². The van der Waals surface area contributed by atoms with Crippen molar-refractivity contribution in [2.45, 2.75) is 26.3 Å². The summed E-state index contributed by atoms with van der Waals surface area (Å²) < 4.78 is 0. The van der Waals surface area contributed by atoms with Crippen LogP contribution in [0.1, 0.15) is 20.3 Å². The molecule has 0 fully saturated rings. The molecule has 0 saturated heterocycles. The summed E-state index contributed by atoms with van der Waals surface area (Å²) in [7, 11) is 0. The molecule has 0 saturated carbocycles. The summed E-state index contributed by atoms with van der Waals surface area (Å²) in [5, 5.41) is 14.7. The smallest absolute Gasteiger partial charge is 0.326 e. The van der Waals surface area contributed by atoms with Crippen molar-refractivity contribution in [3.8, 4) is 0 Å². The molecule has 0 aliphatic rings. The van der Waals surface area contributed by atoms with Crippen molar-refractivity contribution in [2.24, 2.45) is 5.92 Å². The summed E-state index contributed by atoms with van der Waals surface area (Å²) in [6, 6.07) is 3.03. The lowest BCUT2D eigenvalue weighted by molar-refractivity contribution is -0.140. The minimum absolute atomic E-state index is 0.187. The molecule has 110 valence electrons. The zero-order chi connectivity index (χ0) is 15.3. The molecule has 0 radical (unpaired) electrons. The maximum absolute atomic E-state index is 11.8. The number of hydrogen-bond donors (Lipinski definition) is 3. The predicted octanol–water partition coefficient (Wildman–Crippen LogP) is 3.61. The number of hydrogen-bond acceptors (Lipinski definition) is 2. The average molecular weight is 319 g/mol. The number of benzene rings is 1. The number of carboxylic acid groups (broad SMARTS) is 1. The molecule has 5 nitrogen and oxygen atoms in total. The van der Waals surface area contributed by atoms with Crippen LogP contribution in [0.4, 0.5) is 10.5 Å². The Morgan fingerprint density at radius 2 is 2.00 bits per heavy atom. The third-order valence-corrected chi connectivity index (χ3v) is 3.51. The summed E-state index contributed by atoms with van der Waals surface area (Å²) in [4.78, 5) is 22.9. The number of carbonyl (C=O) groups excluding carboxylic acids is 1. The molecule has 2 unspecified atom stereocenters. The third-order valence-electron chi connectivity index (χ3n) is 2.94. The highest BCUT2D eigenvalue weighted by molar-refractivity contribution is 6.35. The number of aliphatic carboxylic acids is 1. The van der Waals surface area contributed by atoms with Gasteiger partial charge < -0.3 is 15.7 Å². The molecule has 7 heteroatoms. The van der Waals surface area contributed by atoms with Crippen LogP contribution in [0.25, 0.3) is 0 Å². The fraction of sp³-hybridized carbons (Fsp3) is 0.385. The molecule has 0 heterocycles. The Morgan fingerprint density at radius 1 is 1.35 bits per heavy atom. The lowest BCUT2D eigenvalue weighted by Gasteiger charge is -2.20. The van der Waals surface area contributed by atoms with Crippen molar-refractivity contribution in [3.63, 3.8) is 0 Å². The van der Waals surface area contributed by atoms with E-state index in [0.29, 0.717) is 22.2 Å². The second-order valence-electron chi connectivity index (χ2n) is 4.42. The van der Waals surface area contributed by atoms with Crippen LogP contribution in [-0.4, -0.2) is 23.1 Å². The van der Waals surface area contributed by atoms with Crippen LogP contribution in [0.15, 0.2) is 18.2 Å². The minimum Gasteiger partial charge on any atom is -0.480 e. The number of carbonyl (C=O) groups is 2. The van der Waals surface area contributed by atoms with Gasteiger partial charge in [0, 0.05) is 5.02 Å². The van der Waals surface area contributed by atoms with E-state index in [1.807, 2.05) is 6.92 Å². The SMILES string of the molecule is CCC(C)C(NC(=O)Nc1cc(Cl)ccc1Cl)C(=O)O. The van der Waals surface area contributed by atoms with Gasteiger partial charge >= 0.3 is 12.0 Å². The van der Waals surface area contributed by atoms with E-state index in [9.17, 15) is 9.59 Å². The molecule has 1 aromatic carbocycles. The third kappa shape index (κ3) is 4.58. The second kappa shape index (κ2) is 7.36. The number of amides is 2. The zero-order valence-corrected chi connectivity index (χ0v) is 12.6. The predicted molar refractivity (Wildman–Crippen MR) is 79.5 cm³/mol. The summed E-state index contributed by atoms with van der Waals surface area (Å²) >= 11 is 11.7. The van der Waals surface area contributed by atoms with Gasteiger partial charge in [-0.1, -0.05) is 43.5 Å². The summed E-state index contributed by atoms with van der Waals surface area (Å²) in [5.74, 6) is -1.26. The van der Waals surface area contributed by atoms with Gasteiger partial charge in [0.2, 0.25) is 0 Å². The highest BCUT2D eigenvalue weighted by Crippen LogP contribution is 2.25. The van der Waals surface area contributed by atoms with E-state index < -0.39 is 18.0 Å². The lowest BCUT2D eigenvalue weighted by atomic mass is 9.99. The fourth-order valence-electron chi connectivity index (χ4n) is 1.58. The normalized spacial score (nSPS) is 13.4. The Bertz CT molecular complexity index is 508. The van der Waals surface area contributed by atoms with Gasteiger partial charge in [-0.15, -0.1) is 0 Å². The standard InChI is InChI=1S/C13H16Cl2N2O3/c1-3-7(2)11(12(18)19)17-13(20)16-10-6-8(14)4-5-9(10)15/h4-7,11H,3H2,1-2H3,(H,18,19)(H2,16,17,20). The topological polar surface area (TPSA) is 78.4 Å². The summed E-state index contributed by atoms with van der Waals surface area (Å²) in [6.45, 7) is 3.61. The second-order valence-corrected chi connectivity index (χ2v) is 5.27. The molecule has 20 heavy (non-hydrogen) atoms. The Balaban J connectivity index is 2.75. The summed E-state index contributed by atoms with van der Waals surface area (Å²) in [5.41, 5.74) is 0.324. The van der Waals surface area contributed by atoms with Crippen LogP contribution >= 0.6 is 23.2 Å². The number of anilines is 1. The quantitative estimate of drug-likeness (QED) is 0.775. The van der Waals surface area contributed by atoms with E-state index in [4.69, 9.17) is 28.3 Å². The number of urea groups is 1. The van der Waals surface area contributed by atoms with Crippen LogP contribution in [-0.2, 0) is 4.79 Å². The first-order valence-electron chi connectivity index (χ1n) is 6.10. The maximum Gasteiger partial charge on any atom is 0.326 e. The highest BCUT2D eigenvalue weighted by Gasteiger charge is 2.25. The van der Waals surface area contributed by atoms with Crippen molar-refractivity contribution >= 4 is 40.9 Å². The number of carboxylic acids is 1. The maximum atomic E-state index is 11.8. The Hall–Kier alpha value is -1.46. The van der Waals surface area contributed by atoms with Crippen molar-refractivity contribution < 1.29 is 14.7 Å². The molecule has 0 aliphatic heterocycles. The number of nitrogens with one attached hydrogen (secondary N) is 2. The van der Waals surface area contributed by atoms with Gasteiger partial charge in [-0.25, -0.2) is 9.59 Å². The van der Waals surface area contributed by atoms with Crippen molar-refractivity contribution in [1.82, 2.24) is 5.32 Å². The van der Waals surface area contributed by atoms with Gasteiger partial charge in [0.15, 0.2) is 0 Å². The van der Waals surface area contributed by atoms with Gasteiger partial charge in [0.1, 0.15) is 6.04 Å².